The fraction of sp³-hybridized carbons (Fsp3) is 1.00. The maximum absolute atomic E-state index is 11.2. The molecular formula is C3H2Cl5F3. The first-order chi connectivity index (χ1) is 4.66. The predicted molar refractivity (Wildman–Crippen MR) is 42.9 cm³/mol. The van der Waals surface area contributed by atoms with Crippen LogP contribution in [0.15, 0.2) is 0 Å². The van der Waals surface area contributed by atoms with Crippen molar-refractivity contribution in [1.29, 1.82) is 0 Å². The Morgan fingerprint density at radius 1 is 0.909 bits per heavy atom. The van der Waals surface area contributed by atoms with E-state index in [9.17, 15) is 13.2 Å². The Kier molecular flexibility index (Phi) is 7.79. The van der Waals surface area contributed by atoms with Crippen molar-refractivity contribution in [3.8, 4) is 0 Å². The van der Waals surface area contributed by atoms with Gasteiger partial charge >= 0.3 is 6.18 Å². The molecule has 0 unspecified atom stereocenters. The van der Waals surface area contributed by atoms with E-state index in [1.54, 1.807) is 0 Å². The Morgan fingerprint density at radius 3 is 1.00 bits per heavy atom. The van der Waals surface area contributed by atoms with E-state index in [2.05, 4.69) is 34.8 Å². The van der Waals surface area contributed by atoms with Crippen LogP contribution in [-0.2, 0) is 0 Å². The normalized spacial score (nSPS) is 12.0. The topological polar surface area (TPSA) is 0 Å². The van der Waals surface area contributed by atoms with E-state index in [4.69, 9.17) is 23.2 Å². The number of hydrogen-bond acceptors (Lipinski definition) is 0. The van der Waals surface area contributed by atoms with Gasteiger partial charge in [0, 0.05) is 0 Å². The van der Waals surface area contributed by atoms with Gasteiger partial charge in [-0.2, -0.15) is 13.2 Å². The highest BCUT2D eigenvalue weighted by Gasteiger charge is 2.51. The highest BCUT2D eigenvalue weighted by molar-refractivity contribution is 6.68. The van der Waals surface area contributed by atoms with E-state index in [1.807, 2.05) is 0 Å². The molecule has 0 atom stereocenters. The summed E-state index contributed by atoms with van der Waals surface area (Å²) in [6, 6.07) is 0. The van der Waals surface area contributed by atoms with Crippen molar-refractivity contribution >= 4 is 58.0 Å². The summed E-state index contributed by atoms with van der Waals surface area (Å²) in [7, 11) is 0. The van der Waals surface area contributed by atoms with Crippen LogP contribution >= 0.6 is 58.0 Å². The summed E-state index contributed by atoms with van der Waals surface area (Å²) >= 11 is 22.8. The molecule has 0 N–H and O–H groups in total. The van der Waals surface area contributed by atoms with Crippen LogP contribution in [0.4, 0.5) is 13.2 Å². The molecule has 0 amide bonds. The van der Waals surface area contributed by atoms with Gasteiger partial charge in [-0.1, -0.05) is 34.8 Å². The molecule has 0 aliphatic rings. The van der Waals surface area contributed by atoms with Crippen molar-refractivity contribution in [2.75, 3.05) is 5.34 Å². The molecule has 0 saturated heterocycles. The summed E-state index contributed by atoms with van der Waals surface area (Å²) in [5, 5.41) is 0.194. The van der Waals surface area contributed by atoms with E-state index in [0.717, 1.165) is 0 Å². The Labute approximate surface area is 86.5 Å². The molecule has 0 aliphatic carbocycles. The molecule has 0 aromatic heterocycles. The van der Waals surface area contributed by atoms with Crippen molar-refractivity contribution in [1.82, 2.24) is 0 Å². The SMILES string of the molecule is ClCCl.FC(F)(F)C(Cl)(Cl)Cl. The van der Waals surface area contributed by atoms with Crippen molar-refractivity contribution in [3.63, 3.8) is 0 Å². The third-order valence-electron chi connectivity index (χ3n) is 0.321. The largest absolute Gasteiger partial charge is 0.435 e. The summed E-state index contributed by atoms with van der Waals surface area (Å²) < 4.78 is 30.4. The summed E-state index contributed by atoms with van der Waals surface area (Å²) in [5.74, 6) is 0. The van der Waals surface area contributed by atoms with Gasteiger partial charge in [0.25, 0.3) is 3.79 Å². The second-order valence-corrected chi connectivity index (χ2v) is 4.19. The van der Waals surface area contributed by atoms with Crippen molar-refractivity contribution < 1.29 is 13.2 Å². The van der Waals surface area contributed by atoms with Gasteiger partial charge in [-0.15, -0.1) is 23.2 Å². The molecule has 0 aromatic rings. The second kappa shape index (κ2) is 5.81. The highest BCUT2D eigenvalue weighted by Crippen LogP contribution is 2.42. The lowest BCUT2D eigenvalue weighted by atomic mass is 10.8. The molecule has 0 heterocycles. The summed E-state index contributed by atoms with van der Waals surface area (Å²) in [4.78, 5) is 0. The van der Waals surface area contributed by atoms with Crippen LogP contribution in [0.3, 0.4) is 0 Å². The van der Waals surface area contributed by atoms with Crippen LogP contribution in [0, 0.1) is 0 Å². The van der Waals surface area contributed by atoms with Crippen molar-refractivity contribution in [2.45, 2.75) is 9.97 Å². The molecule has 0 nitrogen and oxygen atoms in total. The molecule has 8 heteroatoms. The maximum Gasteiger partial charge on any atom is 0.435 e. The Morgan fingerprint density at radius 2 is 1.00 bits per heavy atom. The van der Waals surface area contributed by atoms with Gasteiger partial charge in [-0.05, 0) is 0 Å². The average molecular weight is 272 g/mol. The van der Waals surface area contributed by atoms with Crippen LogP contribution in [-0.4, -0.2) is 15.3 Å². The minimum absolute atomic E-state index is 0.194. The highest BCUT2D eigenvalue weighted by atomic mass is 35.6. The third-order valence-corrected chi connectivity index (χ3v) is 0.964. The first-order valence-electron chi connectivity index (χ1n) is 1.92. The van der Waals surface area contributed by atoms with Gasteiger partial charge in [0.15, 0.2) is 0 Å². The van der Waals surface area contributed by atoms with E-state index < -0.39 is 9.97 Å². The number of hydrogen-bond donors (Lipinski definition) is 0. The Bertz CT molecular complexity index is 82.1. The molecule has 11 heavy (non-hydrogen) atoms. The van der Waals surface area contributed by atoms with Gasteiger partial charge in [0.1, 0.15) is 0 Å². The van der Waals surface area contributed by atoms with E-state index in [0.29, 0.717) is 0 Å². The quantitative estimate of drug-likeness (QED) is 0.575. The average Bonchev–Trinajstić information content (AvgIpc) is 1.60. The fourth-order valence-corrected chi connectivity index (χ4v) is 0. The zero-order valence-electron chi connectivity index (χ0n) is 4.73. The molecule has 0 bridgehead atoms. The molecule has 0 spiro atoms. The minimum Gasteiger partial charge on any atom is -0.166 e. The molecule has 0 fully saturated rings. The minimum atomic E-state index is -4.77. The summed E-state index contributed by atoms with van der Waals surface area (Å²) in [6.45, 7) is 0. The van der Waals surface area contributed by atoms with E-state index in [1.165, 1.54) is 0 Å². The standard InChI is InChI=1S/C2Cl3F3.CH2Cl2/c3-1(4,5)2(6,7)8;2-1-3/h;1H2. The molecule has 0 aliphatic heterocycles. The Hall–Kier alpha value is 1.24. The zero-order chi connectivity index (χ0) is 9.71. The van der Waals surface area contributed by atoms with Gasteiger partial charge in [0.05, 0.1) is 5.34 Å². The summed E-state index contributed by atoms with van der Waals surface area (Å²) in [6.07, 6.45) is -4.77. The van der Waals surface area contributed by atoms with E-state index >= 15 is 0 Å². The number of rotatable bonds is 0. The lowest BCUT2D eigenvalue weighted by molar-refractivity contribution is -0.124. The lowest BCUT2D eigenvalue weighted by Crippen LogP contribution is -2.27. The van der Waals surface area contributed by atoms with Crippen LogP contribution in [0.25, 0.3) is 0 Å². The second-order valence-electron chi connectivity index (χ2n) is 1.10. The molecule has 0 rings (SSSR count). The smallest absolute Gasteiger partial charge is 0.166 e. The first-order valence-corrected chi connectivity index (χ1v) is 4.12. The maximum atomic E-state index is 11.2. The van der Waals surface area contributed by atoms with Crippen molar-refractivity contribution in [2.24, 2.45) is 0 Å². The summed E-state index contributed by atoms with van der Waals surface area (Å²) in [5.41, 5.74) is 0. The van der Waals surface area contributed by atoms with Gasteiger partial charge < -0.3 is 0 Å². The molecular weight excluding hydrogens is 270 g/mol. The van der Waals surface area contributed by atoms with E-state index in [-0.39, 0.29) is 5.34 Å². The lowest BCUT2D eigenvalue weighted by Gasteiger charge is -2.13. The molecule has 0 saturated carbocycles. The van der Waals surface area contributed by atoms with Gasteiger partial charge in [-0.25, -0.2) is 0 Å². The van der Waals surface area contributed by atoms with Crippen LogP contribution < -0.4 is 0 Å². The van der Waals surface area contributed by atoms with Crippen LogP contribution in [0.5, 0.6) is 0 Å². The van der Waals surface area contributed by atoms with Crippen molar-refractivity contribution in [3.05, 3.63) is 0 Å². The fourth-order valence-electron chi connectivity index (χ4n) is 0. The van der Waals surface area contributed by atoms with Crippen LogP contribution in [0.1, 0.15) is 0 Å². The third kappa shape index (κ3) is 9.15. The Balaban J connectivity index is 0. The molecule has 0 aromatic carbocycles. The van der Waals surface area contributed by atoms with Crippen LogP contribution in [0.2, 0.25) is 0 Å². The predicted octanol–water partition coefficient (Wildman–Crippen LogP) is 4.34. The first kappa shape index (κ1) is 14.7. The number of alkyl halides is 8. The number of halogens is 8. The van der Waals surface area contributed by atoms with Gasteiger partial charge in [-0.3, -0.25) is 0 Å². The molecule has 70 valence electrons. The molecule has 0 radical (unpaired) electrons. The monoisotopic (exact) mass is 270 g/mol. The van der Waals surface area contributed by atoms with Gasteiger partial charge in [0.2, 0.25) is 0 Å². The zero-order valence-corrected chi connectivity index (χ0v) is 8.51.